The van der Waals surface area contributed by atoms with Crippen molar-refractivity contribution in [2.24, 2.45) is 4.99 Å². The summed E-state index contributed by atoms with van der Waals surface area (Å²) >= 11 is 0. The van der Waals surface area contributed by atoms with Gasteiger partial charge in [0.25, 0.3) is 0 Å². The van der Waals surface area contributed by atoms with Crippen molar-refractivity contribution in [2.45, 2.75) is 0 Å². The number of fused-ring (bicyclic) bond motifs is 1. The number of rotatable bonds is 2. The monoisotopic (exact) mass is 218 g/mol. The molecule has 2 aromatic rings. The van der Waals surface area contributed by atoms with Crippen molar-refractivity contribution in [3.8, 4) is 0 Å². The van der Waals surface area contributed by atoms with E-state index in [0.717, 1.165) is 0 Å². The highest BCUT2D eigenvalue weighted by Gasteiger charge is 2.14. The molecule has 16 heavy (non-hydrogen) atoms. The fraction of sp³-hybridized carbons (Fsp3) is 0.100. The van der Waals surface area contributed by atoms with Gasteiger partial charge in [0, 0.05) is 0 Å². The minimum atomic E-state index is -0.656. The Bertz CT molecular complexity index is 596. The topological polar surface area (TPSA) is 81.8 Å². The number of benzene rings is 1. The Morgan fingerprint density at radius 3 is 3.06 bits per heavy atom. The lowest BCUT2D eigenvalue weighted by Gasteiger charge is -1.88. The van der Waals surface area contributed by atoms with E-state index >= 15 is 0 Å². The van der Waals surface area contributed by atoms with Gasteiger partial charge in [-0.15, -0.1) is 0 Å². The average molecular weight is 218 g/mol. The van der Waals surface area contributed by atoms with Gasteiger partial charge in [0.05, 0.1) is 12.8 Å². The number of oxazole rings is 1. The van der Waals surface area contributed by atoms with Gasteiger partial charge in [0.15, 0.2) is 5.58 Å². The highest BCUT2D eigenvalue weighted by molar-refractivity contribution is 5.88. The summed E-state index contributed by atoms with van der Waals surface area (Å²) in [6.07, 6.45) is 1.41. The van der Waals surface area contributed by atoms with E-state index in [9.17, 15) is 9.59 Å². The molecule has 0 unspecified atom stereocenters. The second kappa shape index (κ2) is 3.96. The molecule has 6 nitrogen and oxygen atoms in total. The fourth-order valence-electron chi connectivity index (χ4n) is 1.21. The smallest absolute Gasteiger partial charge is 0.394 e. The molecule has 0 aliphatic carbocycles. The summed E-state index contributed by atoms with van der Waals surface area (Å²) in [6.45, 7) is 0. The second-order valence-electron chi connectivity index (χ2n) is 2.87. The molecule has 0 fully saturated rings. The van der Waals surface area contributed by atoms with Crippen LogP contribution in [-0.4, -0.2) is 24.1 Å². The predicted molar refractivity (Wildman–Crippen MR) is 53.1 cm³/mol. The third-order valence-corrected chi connectivity index (χ3v) is 1.91. The highest BCUT2D eigenvalue weighted by Crippen LogP contribution is 2.21. The zero-order chi connectivity index (χ0) is 11.5. The summed E-state index contributed by atoms with van der Waals surface area (Å²) in [5.41, 5.74) is 1.24. The van der Waals surface area contributed by atoms with Crippen molar-refractivity contribution in [3.05, 3.63) is 24.1 Å². The number of ether oxygens (including phenoxy) is 1. The van der Waals surface area contributed by atoms with Crippen molar-refractivity contribution in [2.75, 3.05) is 7.11 Å². The van der Waals surface area contributed by atoms with Gasteiger partial charge in [0.1, 0.15) is 5.52 Å². The Morgan fingerprint density at radius 2 is 2.38 bits per heavy atom. The van der Waals surface area contributed by atoms with Crippen LogP contribution < -0.4 is 0 Å². The Labute approximate surface area is 89.6 Å². The molecule has 6 heteroatoms. The van der Waals surface area contributed by atoms with Gasteiger partial charge >= 0.3 is 11.9 Å². The molecule has 1 aromatic heterocycles. The summed E-state index contributed by atoms with van der Waals surface area (Å²) in [5, 5.41) is 0. The molecule has 0 atom stereocenters. The second-order valence-corrected chi connectivity index (χ2v) is 2.87. The van der Waals surface area contributed by atoms with Crippen LogP contribution in [-0.2, 0) is 9.53 Å². The Hall–Kier alpha value is -2.46. The van der Waals surface area contributed by atoms with Crippen LogP contribution in [0.15, 0.2) is 27.6 Å². The first-order valence-electron chi connectivity index (χ1n) is 4.31. The number of methoxy groups -OCH3 is 1. The van der Waals surface area contributed by atoms with Crippen LogP contribution in [0.2, 0.25) is 0 Å². The molecule has 0 aliphatic rings. The molecular formula is C10H6N2O4. The van der Waals surface area contributed by atoms with E-state index < -0.39 is 5.97 Å². The maximum Gasteiger partial charge on any atom is 0.394 e. The minimum absolute atomic E-state index is 0.135. The Morgan fingerprint density at radius 1 is 1.56 bits per heavy atom. The Balaban J connectivity index is 2.53. The molecule has 0 saturated heterocycles. The number of aromatic nitrogens is 1. The largest absolute Gasteiger partial charge is 0.462 e. The first-order chi connectivity index (χ1) is 7.74. The quantitative estimate of drug-likeness (QED) is 0.434. The van der Waals surface area contributed by atoms with Crippen molar-refractivity contribution >= 4 is 28.8 Å². The summed E-state index contributed by atoms with van der Waals surface area (Å²) in [5.74, 6) is -0.790. The number of carbonyl (C=O) groups excluding carboxylic acids is 2. The van der Waals surface area contributed by atoms with E-state index in [1.807, 2.05) is 0 Å². The highest BCUT2D eigenvalue weighted by atomic mass is 16.5. The normalized spacial score (nSPS) is 9.81. The number of nitrogens with zero attached hydrogens (tertiary/aromatic N) is 2. The van der Waals surface area contributed by atoms with Crippen molar-refractivity contribution in [3.63, 3.8) is 0 Å². The van der Waals surface area contributed by atoms with Gasteiger partial charge < -0.3 is 9.15 Å². The van der Waals surface area contributed by atoms with Crippen molar-refractivity contribution in [1.29, 1.82) is 0 Å². The van der Waals surface area contributed by atoms with E-state index in [2.05, 4.69) is 14.7 Å². The predicted octanol–water partition coefficient (Wildman–Crippen LogP) is 1.58. The van der Waals surface area contributed by atoms with Crippen molar-refractivity contribution < 1.29 is 18.7 Å². The average Bonchev–Trinajstić information content (AvgIpc) is 2.71. The SMILES string of the molecule is COC(=O)c1nc2cc(N=C=O)ccc2o1. The van der Waals surface area contributed by atoms with E-state index in [4.69, 9.17) is 4.42 Å². The molecule has 0 aliphatic heterocycles. The van der Waals surface area contributed by atoms with Crippen LogP contribution in [0.5, 0.6) is 0 Å². The number of hydrogen-bond acceptors (Lipinski definition) is 6. The maximum absolute atomic E-state index is 11.1. The van der Waals surface area contributed by atoms with Gasteiger partial charge in [-0.3, -0.25) is 0 Å². The van der Waals surface area contributed by atoms with E-state index in [1.165, 1.54) is 19.3 Å². The van der Waals surface area contributed by atoms with Gasteiger partial charge in [-0.1, -0.05) is 0 Å². The third kappa shape index (κ3) is 1.69. The van der Waals surface area contributed by atoms with Crippen molar-refractivity contribution in [1.82, 2.24) is 4.98 Å². The third-order valence-electron chi connectivity index (χ3n) is 1.91. The first-order valence-corrected chi connectivity index (χ1v) is 4.31. The summed E-state index contributed by atoms with van der Waals surface area (Å²) in [4.78, 5) is 28.5. The van der Waals surface area contributed by atoms with Gasteiger partial charge in [-0.2, -0.15) is 4.99 Å². The lowest BCUT2D eigenvalue weighted by molar-refractivity contribution is 0.0558. The summed E-state index contributed by atoms with van der Waals surface area (Å²) < 4.78 is 9.59. The van der Waals surface area contributed by atoms with Crippen LogP contribution in [0.1, 0.15) is 10.7 Å². The van der Waals surface area contributed by atoms with Gasteiger partial charge in [-0.05, 0) is 18.2 Å². The number of carbonyl (C=O) groups is 1. The van der Waals surface area contributed by atoms with Crippen LogP contribution in [0, 0.1) is 0 Å². The molecule has 0 saturated carbocycles. The van der Waals surface area contributed by atoms with Crippen LogP contribution in [0.4, 0.5) is 5.69 Å². The lowest BCUT2D eigenvalue weighted by Crippen LogP contribution is -2.00. The molecular weight excluding hydrogens is 212 g/mol. The van der Waals surface area contributed by atoms with E-state index in [0.29, 0.717) is 16.8 Å². The zero-order valence-corrected chi connectivity index (χ0v) is 8.26. The minimum Gasteiger partial charge on any atom is -0.462 e. The number of aliphatic imine (C=N–C) groups is 1. The van der Waals surface area contributed by atoms with E-state index in [1.54, 1.807) is 12.1 Å². The van der Waals surface area contributed by atoms with Gasteiger partial charge in [-0.25, -0.2) is 14.6 Å². The number of esters is 1. The molecule has 0 bridgehead atoms. The van der Waals surface area contributed by atoms with Crippen LogP contribution >= 0.6 is 0 Å². The molecule has 80 valence electrons. The maximum atomic E-state index is 11.1. The molecule has 0 radical (unpaired) electrons. The number of isocyanates is 1. The first kappa shape index (κ1) is 10.1. The fourth-order valence-corrected chi connectivity index (χ4v) is 1.21. The molecule has 0 N–H and O–H groups in total. The standard InChI is InChI=1S/C10H6N2O4/c1-15-10(14)9-12-7-4-6(11-5-13)2-3-8(7)16-9/h2-4H,1H3. The molecule has 2 rings (SSSR count). The van der Waals surface area contributed by atoms with Gasteiger partial charge in [0.2, 0.25) is 6.08 Å². The molecule has 0 spiro atoms. The molecule has 0 amide bonds. The van der Waals surface area contributed by atoms with E-state index in [-0.39, 0.29) is 5.89 Å². The molecule has 1 aromatic carbocycles. The lowest BCUT2D eigenvalue weighted by atomic mass is 10.3. The van der Waals surface area contributed by atoms with Crippen LogP contribution in [0.3, 0.4) is 0 Å². The Kier molecular flexibility index (Phi) is 2.49. The zero-order valence-electron chi connectivity index (χ0n) is 8.26. The summed E-state index contributed by atoms with van der Waals surface area (Å²) in [6, 6.07) is 4.63. The number of hydrogen-bond donors (Lipinski definition) is 0. The molecule has 1 heterocycles. The summed E-state index contributed by atoms with van der Waals surface area (Å²) in [7, 11) is 1.24. The van der Waals surface area contributed by atoms with Crippen LogP contribution in [0.25, 0.3) is 11.1 Å².